The zero-order valence-corrected chi connectivity index (χ0v) is 18.7. The van der Waals surface area contributed by atoms with Crippen LogP contribution in [0.25, 0.3) is 0 Å². The molecule has 0 rings (SSSR count). The molecule has 0 spiro atoms. The fourth-order valence-electron chi connectivity index (χ4n) is 1.94. The third-order valence-electron chi connectivity index (χ3n) is 3.34. The molecule has 0 radical (unpaired) electrons. The average molecular weight is 663 g/mol. The number of alkyl halides is 18. The Morgan fingerprint density at radius 3 is 0.618 bits per heavy atom. The molecule has 0 aliphatic heterocycles. The molecule has 0 atom stereocenters. The molecule has 0 aromatic carbocycles. The summed E-state index contributed by atoms with van der Waals surface area (Å²) in [5.41, 5.74) is 0. The zero-order chi connectivity index (χ0) is 27.9. The maximum atomic E-state index is 12.8. The SMILES string of the molecule is C[CH](C)[Sn]([O]C(C(F)(F)F)C(F)(F)F)([O]C(C(F)(F)F)C(F)(F)F)[O]C(C(F)(F)F)C(F)(F)F. The third-order valence-corrected chi connectivity index (χ3v) is 12.2. The van der Waals surface area contributed by atoms with Gasteiger partial charge in [-0.15, -0.1) is 0 Å². The van der Waals surface area contributed by atoms with E-state index >= 15 is 0 Å². The van der Waals surface area contributed by atoms with Gasteiger partial charge in [0.2, 0.25) is 0 Å². The van der Waals surface area contributed by atoms with E-state index in [1.165, 1.54) is 0 Å². The van der Waals surface area contributed by atoms with Crippen molar-refractivity contribution in [2.75, 3.05) is 0 Å². The number of rotatable bonds is 7. The van der Waals surface area contributed by atoms with Crippen molar-refractivity contribution >= 4 is 19.6 Å². The van der Waals surface area contributed by atoms with E-state index in [2.05, 4.69) is 9.22 Å². The number of hydrogen-bond acceptors (Lipinski definition) is 3. The first-order valence-corrected chi connectivity index (χ1v) is 13.0. The molecule has 3 nitrogen and oxygen atoms in total. The van der Waals surface area contributed by atoms with Gasteiger partial charge in [0.15, 0.2) is 0 Å². The second-order valence-electron chi connectivity index (χ2n) is 6.50. The molecule has 0 aromatic heterocycles. The molecular formula is C12H10F18O3Sn. The number of halogens is 18. The minimum absolute atomic E-state index is 0.0630. The number of hydrogen-bond donors (Lipinski definition) is 0. The molecule has 0 bridgehead atoms. The van der Waals surface area contributed by atoms with Gasteiger partial charge < -0.3 is 0 Å². The van der Waals surface area contributed by atoms with E-state index in [9.17, 15) is 79.0 Å². The molecule has 0 fully saturated rings. The first-order valence-electron chi connectivity index (χ1n) is 7.90. The molecule has 206 valence electrons. The molecule has 0 amide bonds. The van der Waals surface area contributed by atoms with E-state index in [0.29, 0.717) is 0 Å². The summed E-state index contributed by atoms with van der Waals surface area (Å²) in [4.78, 5) is 0. The van der Waals surface area contributed by atoms with E-state index in [0.717, 1.165) is 0 Å². The summed E-state index contributed by atoms with van der Waals surface area (Å²) in [6.07, 6.45) is -57.1. The van der Waals surface area contributed by atoms with Crippen molar-refractivity contribution in [1.82, 2.24) is 0 Å². The predicted octanol–water partition coefficient (Wildman–Crippen LogP) is 6.86. The van der Waals surface area contributed by atoms with Crippen molar-refractivity contribution < 1.29 is 88.2 Å². The average Bonchev–Trinajstić information content (AvgIpc) is 2.46. The van der Waals surface area contributed by atoms with Crippen LogP contribution in [-0.4, -0.2) is 75.0 Å². The summed E-state index contributed by atoms with van der Waals surface area (Å²) in [5.74, 6) is 0. The van der Waals surface area contributed by atoms with E-state index in [1.807, 2.05) is 0 Å². The van der Waals surface area contributed by atoms with Crippen LogP contribution in [0, 0.1) is 0 Å². The fourth-order valence-corrected chi connectivity index (χ4v) is 9.85. The van der Waals surface area contributed by atoms with Crippen molar-refractivity contribution in [3.05, 3.63) is 0 Å². The zero-order valence-electron chi connectivity index (χ0n) is 15.8. The molecule has 0 aliphatic rings. The maximum absolute atomic E-state index is 12.8. The Morgan fingerprint density at radius 2 is 0.529 bits per heavy atom. The van der Waals surface area contributed by atoms with Crippen LogP contribution in [0.4, 0.5) is 79.0 Å². The van der Waals surface area contributed by atoms with Gasteiger partial charge in [-0.1, -0.05) is 0 Å². The van der Waals surface area contributed by atoms with E-state index in [1.54, 1.807) is 0 Å². The van der Waals surface area contributed by atoms with Crippen LogP contribution in [0.2, 0.25) is 3.93 Å². The van der Waals surface area contributed by atoms with Gasteiger partial charge in [0.05, 0.1) is 0 Å². The Hall–Kier alpha value is -0.581. The summed E-state index contributed by atoms with van der Waals surface area (Å²) in [6.45, 7) is 0.126. The van der Waals surface area contributed by atoms with Gasteiger partial charge in [0.25, 0.3) is 0 Å². The van der Waals surface area contributed by atoms with Crippen LogP contribution < -0.4 is 0 Å². The Morgan fingerprint density at radius 1 is 0.382 bits per heavy atom. The van der Waals surface area contributed by atoms with E-state index in [4.69, 9.17) is 0 Å². The van der Waals surface area contributed by atoms with Crippen LogP contribution >= 0.6 is 0 Å². The molecule has 0 aromatic rings. The molecule has 0 saturated carbocycles. The summed E-state index contributed by atoms with van der Waals surface area (Å²) in [7, 11) is 0. The van der Waals surface area contributed by atoms with Gasteiger partial charge >= 0.3 is 181 Å². The Labute approximate surface area is 181 Å². The van der Waals surface area contributed by atoms with Gasteiger partial charge in [0.1, 0.15) is 0 Å². The van der Waals surface area contributed by atoms with Crippen molar-refractivity contribution in [3.8, 4) is 0 Å². The summed E-state index contributed by atoms with van der Waals surface area (Å²) in [6, 6.07) is 0. The monoisotopic (exact) mass is 664 g/mol. The van der Waals surface area contributed by atoms with Crippen LogP contribution in [0.15, 0.2) is 0 Å². The van der Waals surface area contributed by atoms with Gasteiger partial charge in [-0.2, -0.15) is 0 Å². The van der Waals surface area contributed by atoms with E-state index in [-0.39, 0.29) is 13.8 Å². The van der Waals surface area contributed by atoms with Crippen LogP contribution in [0.3, 0.4) is 0 Å². The van der Waals surface area contributed by atoms with Crippen molar-refractivity contribution in [2.45, 2.75) is 73.2 Å². The molecule has 0 unspecified atom stereocenters. The first-order chi connectivity index (χ1) is 14.5. The van der Waals surface area contributed by atoms with Gasteiger partial charge in [-0.05, 0) is 0 Å². The second kappa shape index (κ2) is 10.1. The predicted molar refractivity (Wildman–Crippen MR) is 71.8 cm³/mol. The molecule has 0 heterocycles. The molecule has 22 heteroatoms. The van der Waals surface area contributed by atoms with Crippen molar-refractivity contribution in [1.29, 1.82) is 0 Å². The van der Waals surface area contributed by atoms with E-state index < -0.39 is 78.9 Å². The third kappa shape index (κ3) is 9.13. The second-order valence-corrected chi connectivity index (χ2v) is 15.3. The Balaban J connectivity index is 7.15. The van der Waals surface area contributed by atoms with Crippen LogP contribution in [0.5, 0.6) is 0 Å². The van der Waals surface area contributed by atoms with Crippen LogP contribution in [0.1, 0.15) is 13.8 Å². The first kappa shape index (κ1) is 33.4. The standard InChI is InChI=1S/3C3HF6O.C3H7.Sn/c3*4-2(5,6)1(10)3(7,8)9;1-3-2;/h3*1H;3H,1-2H3;/q3*-1;;+3. The topological polar surface area (TPSA) is 27.7 Å². The molecule has 34 heavy (non-hydrogen) atoms. The van der Waals surface area contributed by atoms with Gasteiger partial charge in [-0.3, -0.25) is 0 Å². The van der Waals surface area contributed by atoms with Gasteiger partial charge in [0, 0.05) is 0 Å². The van der Waals surface area contributed by atoms with Crippen molar-refractivity contribution in [2.24, 2.45) is 0 Å². The summed E-state index contributed by atoms with van der Waals surface area (Å²) in [5, 5.41) is 0. The molecule has 0 aliphatic carbocycles. The van der Waals surface area contributed by atoms with Crippen molar-refractivity contribution in [3.63, 3.8) is 0 Å². The molecule has 0 N–H and O–H groups in total. The van der Waals surface area contributed by atoms with Crippen LogP contribution in [-0.2, 0) is 9.22 Å². The summed E-state index contributed by atoms with van der Waals surface area (Å²) < 4.78 is 237. The minimum atomic E-state index is -8.58. The Bertz CT molecular complexity index is 528. The molecule has 0 saturated heterocycles. The van der Waals surface area contributed by atoms with Gasteiger partial charge in [-0.25, -0.2) is 0 Å². The quantitative estimate of drug-likeness (QED) is 0.220. The Kier molecular flexibility index (Phi) is 9.88. The molecular weight excluding hydrogens is 653 g/mol. The summed E-state index contributed by atoms with van der Waals surface area (Å²) >= 11 is -8.58. The fraction of sp³-hybridized carbons (Fsp3) is 1.00. The normalized spacial score (nSPS) is 15.9.